The van der Waals surface area contributed by atoms with E-state index in [9.17, 15) is 12.8 Å². The first-order chi connectivity index (χ1) is 10.4. The number of sulfonamides is 1. The summed E-state index contributed by atoms with van der Waals surface area (Å²) in [6.07, 6.45) is 3.54. The molecule has 1 N–H and O–H groups in total. The molecule has 1 aromatic heterocycles. The monoisotopic (exact) mass is 323 g/mol. The van der Waals surface area contributed by atoms with E-state index in [0.717, 1.165) is 16.8 Å². The summed E-state index contributed by atoms with van der Waals surface area (Å²) in [5.41, 5.74) is 2.77. The summed E-state index contributed by atoms with van der Waals surface area (Å²) in [5.74, 6) is -0.407. The Labute approximate surface area is 129 Å². The molecular weight excluding hydrogens is 305 g/mol. The summed E-state index contributed by atoms with van der Waals surface area (Å²) < 4.78 is 38.9. The van der Waals surface area contributed by atoms with Crippen LogP contribution in [0.1, 0.15) is 35.7 Å². The highest BCUT2D eigenvalue weighted by Gasteiger charge is 2.38. The van der Waals surface area contributed by atoms with Crippen molar-refractivity contribution in [1.82, 2.24) is 14.5 Å². The molecule has 0 saturated carbocycles. The van der Waals surface area contributed by atoms with Crippen LogP contribution in [0.5, 0.6) is 0 Å². The van der Waals surface area contributed by atoms with Crippen LogP contribution in [0.25, 0.3) is 0 Å². The van der Waals surface area contributed by atoms with Crippen LogP contribution in [-0.4, -0.2) is 35.7 Å². The topological polar surface area (TPSA) is 66.1 Å². The molecule has 1 aromatic carbocycles. The second-order valence-corrected chi connectivity index (χ2v) is 7.65. The molecule has 5 nitrogen and oxygen atoms in total. The van der Waals surface area contributed by atoms with Crippen LogP contribution >= 0.6 is 0 Å². The maximum absolute atomic E-state index is 13.1. The second-order valence-electron chi connectivity index (χ2n) is 5.71. The summed E-state index contributed by atoms with van der Waals surface area (Å²) in [5, 5.41) is 7.00. The van der Waals surface area contributed by atoms with Crippen molar-refractivity contribution >= 4 is 10.0 Å². The number of benzene rings is 1. The van der Waals surface area contributed by atoms with Crippen molar-refractivity contribution in [3.8, 4) is 0 Å². The van der Waals surface area contributed by atoms with Crippen LogP contribution < -0.4 is 0 Å². The third-order valence-electron chi connectivity index (χ3n) is 4.26. The molecule has 1 unspecified atom stereocenters. The number of nitrogens with zero attached hydrogens (tertiary/aromatic N) is 2. The quantitative estimate of drug-likeness (QED) is 0.942. The summed E-state index contributed by atoms with van der Waals surface area (Å²) in [4.78, 5) is 0. The highest BCUT2D eigenvalue weighted by Crippen LogP contribution is 2.40. The molecule has 0 bridgehead atoms. The van der Waals surface area contributed by atoms with E-state index in [1.54, 1.807) is 18.3 Å². The average molecular weight is 323 g/mol. The van der Waals surface area contributed by atoms with Crippen LogP contribution in [0.15, 0.2) is 30.5 Å². The zero-order valence-electron chi connectivity index (χ0n) is 12.5. The fraction of sp³-hybridized carbons (Fsp3) is 0.400. The maximum atomic E-state index is 13.1. The Morgan fingerprint density at radius 2 is 2.05 bits per heavy atom. The van der Waals surface area contributed by atoms with E-state index >= 15 is 0 Å². The van der Waals surface area contributed by atoms with Crippen LogP contribution in [0, 0.1) is 5.82 Å². The minimum Gasteiger partial charge on any atom is -0.282 e. The van der Waals surface area contributed by atoms with Crippen LogP contribution in [0.4, 0.5) is 4.39 Å². The van der Waals surface area contributed by atoms with Gasteiger partial charge in [-0.2, -0.15) is 9.40 Å². The first-order valence-corrected chi connectivity index (χ1v) is 8.97. The standard InChI is InChI=1S/C15H18FN3O2S/c1-10(11-3-5-12(16)6-4-11)15-13-9-17-18-14(13)7-8-19(15)22(2,20)21/h3-6,9-10,15H,7-8H2,1-2H3,(H,17,18)/t10-,15?/m1/s1. The molecule has 3 rings (SSSR count). The molecule has 0 aliphatic carbocycles. The minimum atomic E-state index is -3.34. The molecule has 0 radical (unpaired) electrons. The number of hydrogen-bond acceptors (Lipinski definition) is 3. The van der Waals surface area contributed by atoms with Gasteiger partial charge < -0.3 is 0 Å². The van der Waals surface area contributed by atoms with Gasteiger partial charge in [0.25, 0.3) is 0 Å². The van der Waals surface area contributed by atoms with Crippen molar-refractivity contribution in [3.63, 3.8) is 0 Å². The van der Waals surface area contributed by atoms with Gasteiger partial charge in [-0.3, -0.25) is 5.10 Å². The van der Waals surface area contributed by atoms with Gasteiger partial charge >= 0.3 is 0 Å². The molecule has 0 fully saturated rings. The molecule has 2 atom stereocenters. The molecule has 0 spiro atoms. The van der Waals surface area contributed by atoms with E-state index in [4.69, 9.17) is 0 Å². The molecule has 118 valence electrons. The zero-order valence-corrected chi connectivity index (χ0v) is 13.3. The molecule has 1 aliphatic rings. The molecule has 0 saturated heterocycles. The summed E-state index contributed by atoms with van der Waals surface area (Å²) in [6, 6.07) is 5.87. The van der Waals surface area contributed by atoms with Gasteiger partial charge in [-0.25, -0.2) is 12.8 Å². The highest BCUT2D eigenvalue weighted by molar-refractivity contribution is 7.88. The largest absolute Gasteiger partial charge is 0.282 e. The number of fused-ring (bicyclic) bond motifs is 1. The van der Waals surface area contributed by atoms with Gasteiger partial charge in [-0.05, 0) is 17.7 Å². The van der Waals surface area contributed by atoms with E-state index in [1.165, 1.54) is 22.7 Å². The number of nitrogens with one attached hydrogen (secondary N) is 1. The molecule has 22 heavy (non-hydrogen) atoms. The number of H-pyrrole nitrogens is 1. The molecule has 7 heteroatoms. The summed E-state index contributed by atoms with van der Waals surface area (Å²) >= 11 is 0. The smallest absolute Gasteiger partial charge is 0.211 e. The predicted octanol–water partition coefficient (Wildman–Crippen LogP) is 2.21. The number of rotatable bonds is 3. The summed E-state index contributed by atoms with van der Waals surface area (Å²) in [7, 11) is -3.34. The van der Waals surface area contributed by atoms with Gasteiger partial charge in [0.2, 0.25) is 10.0 Å². The summed E-state index contributed by atoms with van der Waals surface area (Å²) in [6.45, 7) is 2.38. The average Bonchev–Trinajstić information content (AvgIpc) is 2.93. The van der Waals surface area contributed by atoms with Gasteiger partial charge in [-0.1, -0.05) is 19.1 Å². The first-order valence-electron chi connectivity index (χ1n) is 7.12. The zero-order chi connectivity index (χ0) is 15.9. The highest BCUT2D eigenvalue weighted by atomic mass is 32.2. The lowest BCUT2D eigenvalue weighted by Crippen LogP contribution is -2.41. The van der Waals surface area contributed by atoms with E-state index < -0.39 is 10.0 Å². The Kier molecular flexibility index (Phi) is 3.78. The van der Waals surface area contributed by atoms with Gasteiger partial charge in [0.1, 0.15) is 5.82 Å². The number of halogens is 1. The Morgan fingerprint density at radius 3 is 2.68 bits per heavy atom. The van der Waals surface area contributed by atoms with Crippen molar-refractivity contribution < 1.29 is 12.8 Å². The Balaban J connectivity index is 2.05. The van der Waals surface area contributed by atoms with Crippen LogP contribution in [-0.2, 0) is 16.4 Å². The SMILES string of the molecule is C[C@H](c1ccc(F)cc1)C1c2cn[nH]c2CCN1S(C)(=O)=O. The molecular formula is C15H18FN3O2S. The van der Waals surface area contributed by atoms with E-state index in [-0.39, 0.29) is 17.8 Å². The van der Waals surface area contributed by atoms with Crippen molar-refractivity contribution in [2.75, 3.05) is 12.8 Å². The third-order valence-corrected chi connectivity index (χ3v) is 5.52. The van der Waals surface area contributed by atoms with Crippen molar-refractivity contribution in [2.24, 2.45) is 0 Å². The fourth-order valence-corrected chi connectivity index (χ4v) is 4.26. The minimum absolute atomic E-state index is 0.105. The maximum Gasteiger partial charge on any atom is 0.211 e. The lowest BCUT2D eigenvalue weighted by atomic mass is 9.86. The predicted molar refractivity (Wildman–Crippen MR) is 81.4 cm³/mol. The number of aromatic amines is 1. The van der Waals surface area contributed by atoms with Crippen molar-refractivity contribution in [2.45, 2.75) is 25.3 Å². The molecule has 2 heterocycles. The molecule has 2 aromatic rings. The van der Waals surface area contributed by atoms with Gasteiger partial charge in [0.05, 0.1) is 18.5 Å². The molecule has 1 aliphatic heterocycles. The first kappa shape index (κ1) is 15.2. The van der Waals surface area contributed by atoms with E-state index in [1.807, 2.05) is 6.92 Å². The van der Waals surface area contributed by atoms with Crippen molar-refractivity contribution in [1.29, 1.82) is 0 Å². The number of hydrogen-bond donors (Lipinski definition) is 1. The van der Waals surface area contributed by atoms with Gasteiger partial charge in [0.15, 0.2) is 0 Å². The van der Waals surface area contributed by atoms with Crippen molar-refractivity contribution in [3.05, 3.63) is 53.1 Å². The van der Waals surface area contributed by atoms with E-state index in [2.05, 4.69) is 10.2 Å². The van der Waals surface area contributed by atoms with Crippen LogP contribution in [0.3, 0.4) is 0 Å². The van der Waals surface area contributed by atoms with Gasteiger partial charge in [0, 0.05) is 30.1 Å². The normalized spacial score (nSPS) is 20.6. The molecule has 0 amide bonds. The number of aromatic nitrogens is 2. The second kappa shape index (κ2) is 5.48. The lowest BCUT2D eigenvalue weighted by Gasteiger charge is -2.37. The van der Waals surface area contributed by atoms with Crippen LogP contribution in [0.2, 0.25) is 0 Å². The Hall–Kier alpha value is -1.73. The Morgan fingerprint density at radius 1 is 1.36 bits per heavy atom. The van der Waals surface area contributed by atoms with Gasteiger partial charge in [-0.15, -0.1) is 0 Å². The fourth-order valence-electron chi connectivity index (χ4n) is 3.13. The lowest BCUT2D eigenvalue weighted by molar-refractivity contribution is 0.277. The Bertz CT molecular complexity index is 770. The van der Waals surface area contributed by atoms with E-state index in [0.29, 0.717) is 13.0 Å². The third kappa shape index (κ3) is 2.66.